The maximum absolute atomic E-state index is 14.0. The minimum Gasteiger partial charge on any atom is -0.495 e. The molecular weight excluding hydrogens is 556 g/mol. The maximum Gasteiger partial charge on any atom is 0.245 e. The maximum atomic E-state index is 14.0. The molecule has 0 radical (unpaired) electrons. The van der Waals surface area contributed by atoms with Crippen LogP contribution in [0.15, 0.2) is 65.0 Å². The van der Waals surface area contributed by atoms with Crippen molar-refractivity contribution in [2.24, 2.45) is 5.92 Å². The fourth-order valence-electron chi connectivity index (χ4n) is 4.40. The largest absolute Gasteiger partial charge is 0.495 e. The van der Waals surface area contributed by atoms with Crippen LogP contribution in [0.1, 0.15) is 12.0 Å². The van der Waals surface area contributed by atoms with Crippen molar-refractivity contribution in [3.63, 3.8) is 0 Å². The van der Waals surface area contributed by atoms with Crippen molar-refractivity contribution in [1.82, 2.24) is 14.8 Å². The van der Waals surface area contributed by atoms with Gasteiger partial charge in [0.15, 0.2) is 5.76 Å². The summed E-state index contributed by atoms with van der Waals surface area (Å²) in [4.78, 5) is 0. The summed E-state index contributed by atoms with van der Waals surface area (Å²) in [7, 11) is -3.96. The number of aliphatic hydroxyl groups excluding tert-OH is 1. The number of furan rings is 1. The zero-order chi connectivity index (χ0) is 28.2. The summed E-state index contributed by atoms with van der Waals surface area (Å²) in [6.07, 6.45) is 6.13. The fourth-order valence-corrected chi connectivity index (χ4v) is 7.03. The number of ether oxygens (including phenoxy) is 1. The van der Waals surface area contributed by atoms with Gasteiger partial charge in [0, 0.05) is 25.6 Å². The summed E-state index contributed by atoms with van der Waals surface area (Å²) in [5, 5.41) is 19.7. The Morgan fingerprint density at radius 1 is 1.21 bits per heavy atom. The zero-order valence-electron chi connectivity index (χ0n) is 22.7. The van der Waals surface area contributed by atoms with E-state index in [-0.39, 0.29) is 30.8 Å². The average Bonchev–Trinajstić information content (AvgIpc) is 3.57. The predicted molar refractivity (Wildman–Crippen MR) is 157 cm³/mol. The van der Waals surface area contributed by atoms with Crippen LogP contribution in [0.4, 0.5) is 5.95 Å². The number of nitrogens with zero attached hydrogens (tertiary/aromatic N) is 4. The van der Waals surface area contributed by atoms with Gasteiger partial charge < -0.3 is 14.3 Å². The van der Waals surface area contributed by atoms with Gasteiger partial charge in [0.25, 0.3) is 0 Å². The Hall–Kier alpha value is -2.86. The van der Waals surface area contributed by atoms with Gasteiger partial charge in [-0.1, -0.05) is 49.5 Å². The number of allylic oxidation sites excluding steroid dienone is 2. The monoisotopic (exact) mass is 590 g/mol. The highest BCUT2D eigenvalue weighted by molar-refractivity contribution is 7.92. The lowest BCUT2D eigenvalue weighted by atomic mass is 9.96. The van der Waals surface area contributed by atoms with E-state index >= 15 is 0 Å². The Kier molecular flexibility index (Phi) is 9.05. The van der Waals surface area contributed by atoms with Crippen molar-refractivity contribution in [1.29, 1.82) is 0 Å². The minimum atomic E-state index is -3.85. The van der Waals surface area contributed by atoms with E-state index in [9.17, 15) is 13.5 Å². The van der Waals surface area contributed by atoms with E-state index < -0.39 is 18.1 Å². The third kappa shape index (κ3) is 6.83. The molecule has 39 heavy (non-hydrogen) atoms. The van der Waals surface area contributed by atoms with Gasteiger partial charge >= 0.3 is 0 Å². The Morgan fingerprint density at radius 2 is 1.95 bits per heavy atom. The zero-order valence-corrected chi connectivity index (χ0v) is 25.2. The fraction of sp³-hybridized carbons (Fsp3) is 0.407. The molecule has 0 bridgehead atoms. The number of sulfonamides is 1. The number of aryl methyl sites for hydroxylation is 1. The lowest BCUT2D eigenvalue weighted by Gasteiger charge is -2.30. The van der Waals surface area contributed by atoms with Crippen molar-refractivity contribution < 1.29 is 22.7 Å². The molecule has 0 saturated carbocycles. The summed E-state index contributed by atoms with van der Waals surface area (Å²) in [6, 6.07) is 11.4. The van der Waals surface area contributed by atoms with Crippen LogP contribution in [0.2, 0.25) is 30.7 Å². The first-order valence-corrected chi connectivity index (χ1v) is 18.5. The number of aliphatic hydroxyl groups is 1. The van der Waals surface area contributed by atoms with Crippen LogP contribution in [0.5, 0.6) is 0 Å². The van der Waals surface area contributed by atoms with E-state index in [4.69, 9.17) is 20.8 Å². The highest BCUT2D eigenvalue weighted by Crippen LogP contribution is 2.37. The molecule has 2 heterocycles. The van der Waals surface area contributed by atoms with Gasteiger partial charge in [-0.15, -0.1) is 10.2 Å². The number of rotatable bonds is 12. The summed E-state index contributed by atoms with van der Waals surface area (Å²) in [5.41, 5.74) is 1.45. The molecule has 1 N–H and O–H groups in total. The van der Waals surface area contributed by atoms with Crippen LogP contribution in [0, 0.1) is 5.92 Å². The van der Waals surface area contributed by atoms with Gasteiger partial charge in [-0.3, -0.25) is 4.57 Å². The Morgan fingerprint density at radius 3 is 2.56 bits per heavy atom. The second-order valence-corrected chi connectivity index (χ2v) is 18.8. The number of anilines is 1. The molecule has 210 valence electrons. The highest BCUT2D eigenvalue weighted by Gasteiger charge is 2.35. The van der Waals surface area contributed by atoms with Crippen LogP contribution in [0.25, 0.3) is 17.3 Å². The standard InChI is InChI=1S/C27H35ClN4O5SSi/c1-36-23-8-5-7-21(19-33)25(23)32-26(24-9-6-16-37-24)29-30-27(32)31(15-18-39(2,3)4)38(34,35)17-14-20-10-12-22(28)13-11-20/h5-6,8-13,16,21,33H,7,14-15,17-19H2,1-4H3. The van der Waals surface area contributed by atoms with E-state index in [1.54, 1.807) is 35.9 Å². The molecule has 0 saturated heterocycles. The van der Waals surface area contributed by atoms with Gasteiger partial charge in [-0.05, 0) is 54.8 Å². The summed E-state index contributed by atoms with van der Waals surface area (Å²) < 4.78 is 42.4. The molecule has 9 nitrogen and oxygen atoms in total. The van der Waals surface area contributed by atoms with E-state index in [0.29, 0.717) is 40.9 Å². The summed E-state index contributed by atoms with van der Waals surface area (Å²) >= 11 is 6.01. The van der Waals surface area contributed by atoms with Crippen LogP contribution >= 0.6 is 11.6 Å². The summed E-state index contributed by atoms with van der Waals surface area (Å²) in [5.74, 6) is 0.921. The first kappa shape index (κ1) is 29.1. The van der Waals surface area contributed by atoms with Gasteiger partial charge in [0.2, 0.25) is 21.8 Å². The van der Waals surface area contributed by atoms with E-state index in [1.165, 1.54) is 10.6 Å². The van der Waals surface area contributed by atoms with Crippen LogP contribution in [-0.4, -0.2) is 62.4 Å². The average molecular weight is 591 g/mol. The van der Waals surface area contributed by atoms with Gasteiger partial charge in [-0.25, -0.2) is 12.7 Å². The quantitative estimate of drug-likeness (QED) is 0.285. The Labute approximate surface area is 235 Å². The normalized spacial score (nSPS) is 16.1. The molecule has 1 aliphatic carbocycles. The van der Waals surface area contributed by atoms with Crippen molar-refractivity contribution >= 4 is 41.3 Å². The first-order valence-electron chi connectivity index (χ1n) is 12.8. The lowest BCUT2D eigenvalue weighted by Crippen LogP contribution is -2.39. The predicted octanol–water partition coefficient (Wildman–Crippen LogP) is 5.29. The molecule has 0 aliphatic heterocycles. The lowest BCUT2D eigenvalue weighted by molar-refractivity contribution is 0.244. The number of hydrogen-bond donors (Lipinski definition) is 1. The van der Waals surface area contributed by atoms with Gasteiger partial charge in [0.1, 0.15) is 5.76 Å². The van der Waals surface area contributed by atoms with Crippen LogP contribution < -0.4 is 4.31 Å². The molecule has 1 aromatic carbocycles. The summed E-state index contributed by atoms with van der Waals surface area (Å²) in [6.45, 7) is 6.68. The number of benzene rings is 1. The third-order valence-corrected chi connectivity index (χ3v) is 10.3. The Balaban J connectivity index is 1.86. The number of methoxy groups -OCH3 is 1. The van der Waals surface area contributed by atoms with Crippen molar-refractivity contribution in [2.75, 3.05) is 30.3 Å². The number of aromatic nitrogens is 3. The topological polar surface area (TPSA) is 111 Å². The molecule has 1 aliphatic rings. The molecule has 1 unspecified atom stereocenters. The highest BCUT2D eigenvalue weighted by atomic mass is 35.5. The molecule has 4 rings (SSSR count). The van der Waals surface area contributed by atoms with Gasteiger partial charge in [0.05, 0.1) is 31.4 Å². The molecule has 0 spiro atoms. The molecule has 3 aromatic rings. The minimum absolute atomic E-state index is 0.122. The second kappa shape index (κ2) is 12.1. The SMILES string of the molecule is COC1=C(n2c(-c3ccco3)nnc2N(CC[Si](C)(C)C)S(=O)(=O)CCc2ccc(Cl)cc2)C(CO)CC=C1. The van der Waals surface area contributed by atoms with E-state index in [0.717, 1.165) is 11.6 Å². The van der Waals surface area contributed by atoms with Gasteiger partial charge in [-0.2, -0.15) is 0 Å². The molecule has 12 heteroatoms. The van der Waals surface area contributed by atoms with Crippen molar-refractivity contribution in [2.45, 2.75) is 38.5 Å². The molecule has 0 fully saturated rings. The number of hydrogen-bond acceptors (Lipinski definition) is 7. The van der Waals surface area contributed by atoms with E-state index in [2.05, 4.69) is 29.8 Å². The van der Waals surface area contributed by atoms with Crippen molar-refractivity contribution in [3.05, 3.63) is 71.2 Å². The molecule has 2 aromatic heterocycles. The molecule has 0 amide bonds. The van der Waals surface area contributed by atoms with Crippen molar-refractivity contribution in [3.8, 4) is 11.6 Å². The van der Waals surface area contributed by atoms with Crippen LogP contribution in [-0.2, 0) is 21.2 Å². The van der Waals surface area contributed by atoms with E-state index in [1.807, 2.05) is 24.3 Å². The van der Waals surface area contributed by atoms with Crippen LogP contribution in [0.3, 0.4) is 0 Å². The smallest absolute Gasteiger partial charge is 0.245 e. The third-order valence-electron chi connectivity index (χ3n) is 6.58. The molecular formula is C27H35ClN4O5SSi. The number of halogens is 1. The Bertz CT molecular complexity index is 1430. The molecule has 1 atom stereocenters. The second-order valence-electron chi connectivity index (χ2n) is 10.7. The first-order chi connectivity index (χ1) is 18.5.